The fourth-order valence-electron chi connectivity index (χ4n) is 7.25. The van der Waals surface area contributed by atoms with Gasteiger partial charge in [-0.15, -0.1) is 0 Å². The maximum atomic E-state index is 6.18. The first kappa shape index (κ1) is 27.5. The molecule has 0 aliphatic carbocycles. The minimum absolute atomic E-state index is 0.889. The molecular formula is C46H29NO2. The van der Waals surface area contributed by atoms with Crippen LogP contribution in [0.3, 0.4) is 0 Å². The Labute approximate surface area is 282 Å². The average Bonchev–Trinajstić information content (AvgIpc) is 3.73. The lowest BCUT2D eigenvalue weighted by Gasteiger charge is -2.27. The minimum Gasteiger partial charge on any atom is -0.456 e. The van der Waals surface area contributed by atoms with E-state index >= 15 is 0 Å². The van der Waals surface area contributed by atoms with Crippen LogP contribution in [0.4, 0.5) is 17.1 Å². The molecule has 0 radical (unpaired) electrons. The number of hydrogen-bond acceptors (Lipinski definition) is 3. The SMILES string of the molecule is c1ccc2c(N(c3ccc(-c4ccc(-c5ccc6oc7ccccc7c6c5)cc4)cc3)c3ccc4oc5ccccc5c4c3)cccc2c1. The Morgan fingerprint density at radius 3 is 1.47 bits per heavy atom. The van der Waals surface area contributed by atoms with E-state index in [1.165, 1.54) is 33.0 Å². The van der Waals surface area contributed by atoms with Crippen molar-refractivity contribution >= 4 is 71.7 Å². The lowest BCUT2D eigenvalue weighted by atomic mass is 9.98. The number of fused-ring (bicyclic) bond motifs is 7. The maximum absolute atomic E-state index is 6.18. The fourth-order valence-corrected chi connectivity index (χ4v) is 7.25. The summed E-state index contributed by atoms with van der Waals surface area (Å²) in [5.41, 5.74) is 11.6. The van der Waals surface area contributed by atoms with Crippen molar-refractivity contribution in [3.63, 3.8) is 0 Å². The molecule has 0 atom stereocenters. The highest BCUT2D eigenvalue weighted by molar-refractivity contribution is 6.08. The highest BCUT2D eigenvalue weighted by Crippen LogP contribution is 2.42. The van der Waals surface area contributed by atoms with Crippen LogP contribution in [0.1, 0.15) is 0 Å². The number of anilines is 3. The van der Waals surface area contributed by atoms with Crippen molar-refractivity contribution in [2.45, 2.75) is 0 Å². The molecule has 0 amide bonds. The second kappa shape index (κ2) is 11.0. The third-order valence-corrected chi connectivity index (χ3v) is 9.68. The summed E-state index contributed by atoms with van der Waals surface area (Å²) in [6.45, 7) is 0. The zero-order chi connectivity index (χ0) is 32.3. The van der Waals surface area contributed by atoms with Gasteiger partial charge in [0.2, 0.25) is 0 Å². The summed E-state index contributed by atoms with van der Waals surface area (Å²) in [5.74, 6) is 0. The minimum atomic E-state index is 0.889. The third kappa shape index (κ3) is 4.59. The molecule has 8 aromatic carbocycles. The quantitative estimate of drug-likeness (QED) is 0.190. The molecule has 10 aromatic rings. The van der Waals surface area contributed by atoms with Crippen molar-refractivity contribution in [3.05, 3.63) is 176 Å². The molecule has 0 N–H and O–H groups in total. The second-order valence-corrected chi connectivity index (χ2v) is 12.5. The molecule has 2 heterocycles. The Morgan fingerprint density at radius 2 is 0.776 bits per heavy atom. The first-order valence-corrected chi connectivity index (χ1v) is 16.6. The van der Waals surface area contributed by atoms with Gasteiger partial charge in [0.1, 0.15) is 22.3 Å². The van der Waals surface area contributed by atoms with E-state index < -0.39 is 0 Å². The average molecular weight is 628 g/mol. The van der Waals surface area contributed by atoms with Gasteiger partial charge in [-0.3, -0.25) is 0 Å². The van der Waals surface area contributed by atoms with Crippen LogP contribution < -0.4 is 4.90 Å². The van der Waals surface area contributed by atoms with Gasteiger partial charge in [-0.1, -0.05) is 115 Å². The van der Waals surface area contributed by atoms with Gasteiger partial charge >= 0.3 is 0 Å². The molecule has 0 unspecified atom stereocenters. The van der Waals surface area contributed by atoms with E-state index in [2.05, 4.69) is 157 Å². The number of furan rings is 2. The van der Waals surface area contributed by atoms with E-state index in [0.717, 1.165) is 60.9 Å². The largest absolute Gasteiger partial charge is 0.456 e. The predicted molar refractivity (Wildman–Crippen MR) is 204 cm³/mol. The van der Waals surface area contributed by atoms with Crippen molar-refractivity contribution in [1.29, 1.82) is 0 Å². The Balaban J connectivity index is 1.03. The summed E-state index contributed by atoms with van der Waals surface area (Å²) < 4.78 is 12.2. The van der Waals surface area contributed by atoms with Gasteiger partial charge in [0.15, 0.2) is 0 Å². The van der Waals surface area contributed by atoms with Crippen LogP contribution in [-0.4, -0.2) is 0 Å². The van der Waals surface area contributed by atoms with Crippen LogP contribution in [0.25, 0.3) is 76.9 Å². The van der Waals surface area contributed by atoms with Gasteiger partial charge in [0.25, 0.3) is 0 Å². The predicted octanol–water partition coefficient (Wildman–Crippen LogP) is 13.4. The number of nitrogens with zero attached hydrogens (tertiary/aromatic N) is 1. The molecule has 10 rings (SSSR count). The number of benzene rings is 8. The highest BCUT2D eigenvalue weighted by atomic mass is 16.3. The highest BCUT2D eigenvalue weighted by Gasteiger charge is 2.18. The summed E-state index contributed by atoms with van der Waals surface area (Å²) in [7, 11) is 0. The molecule has 0 fully saturated rings. The van der Waals surface area contributed by atoms with Crippen LogP contribution in [0.2, 0.25) is 0 Å². The van der Waals surface area contributed by atoms with Crippen molar-refractivity contribution < 1.29 is 8.83 Å². The molecule has 0 bridgehead atoms. The molecule has 230 valence electrons. The van der Waals surface area contributed by atoms with Crippen LogP contribution in [0, 0.1) is 0 Å². The lowest BCUT2D eigenvalue weighted by Crippen LogP contribution is -2.10. The molecule has 0 spiro atoms. The maximum Gasteiger partial charge on any atom is 0.135 e. The van der Waals surface area contributed by atoms with Crippen LogP contribution in [0.5, 0.6) is 0 Å². The summed E-state index contributed by atoms with van der Waals surface area (Å²) in [4.78, 5) is 2.35. The zero-order valence-corrected chi connectivity index (χ0v) is 26.5. The van der Waals surface area contributed by atoms with Crippen LogP contribution in [-0.2, 0) is 0 Å². The Kier molecular flexibility index (Phi) is 6.18. The fraction of sp³-hybridized carbons (Fsp3) is 0. The van der Waals surface area contributed by atoms with Gasteiger partial charge in [-0.25, -0.2) is 0 Å². The lowest BCUT2D eigenvalue weighted by molar-refractivity contribution is 0.668. The van der Waals surface area contributed by atoms with E-state index in [1.807, 2.05) is 24.3 Å². The van der Waals surface area contributed by atoms with E-state index in [1.54, 1.807) is 0 Å². The van der Waals surface area contributed by atoms with Crippen molar-refractivity contribution in [1.82, 2.24) is 0 Å². The smallest absolute Gasteiger partial charge is 0.135 e. The summed E-state index contributed by atoms with van der Waals surface area (Å²) in [6.07, 6.45) is 0. The molecular weight excluding hydrogens is 599 g/mol. The molecule has 0 saturated carbocycles. The Morgan fingerprint density at radius 1 is 0.306 bits per heavy atom. The van der Waals surface area contributed by atoms with Gasteiger partial charge in [-0.2, -0.15) is 0 Å². The molecule has 0 saturated heterocycles. The van der Waals surface area contributed by atoms with Gasteiger partial charge in [0.05, 0.1) is 5.69 Å². The number of para-hydroxylation sites is 2. The van der Waals surface area contributed by atoms with Crippen molar-refractivity contribution in [2.75, 3.05) is 4.90 Å². The zero-order valence-electron chi connectivity index (χ0n) is 26.5. The van der Waals surface area contributed by atoms with Crippen LogP contribution >= 0.6 is 0 Å². The summed E-state index contributed by atoms with van der Waals surface area (Å²) >= 11 is 0. The molecule has 49 heavy (non-hydrogen) atoms. The third-order valence-electron chi connectivity index (χ3n) is 9.68. The van der Waals surface area contributed by atoms with E-state index in [-0.39, 0.29) is 0 Å². The Bertz CT molecular complexity index is 2820. The second-order valence-electron chi connectivity index (χ2n) is 12.5. The van der Waals surface area contributed by atoms with E-state index in [9.17, 15) is 0 Å². The standard InChI is InChI=1S/C46H29NO2/c1-2-10-37-33(8-1)9-7-13-42(37)47(36-25-27-46-41(29-36)39-12-4-6-15-44(39)49-46)35-23-20-31(21-24-35)30-16-18-32(19-17-30)34-22-26-45-40(28-34)38-11-3-5-14-43(38)48-45/h1-29H. The monoisotopic (exact) mass is 627 g/mol. The van der Waals surface area contributed by atoms with Crippen LogP contribution in [0.15, 0.2) is 185 Å². The van der Waals surface area contributed by atoms with Gasteiger partial charge < -0.3 is 13.7 Å². The molecule has 3 heteroatoms. The topological polar surface area (TPSA) is 29.5 Å². The summed E-state index contributed by atoms with van der Waals surface area (Å²) in [5, 5.41) is 6.92. The van der Waals surface area contributed by atoms with Gasteiger partial charge in [0, 0.05) is 38.3 Å². The first-order valence-electron chi connectivity index (χ1n) is 16.6. The van der Waals surface area contributed by atoms with E-state index in [4.69, 9.17) is 8.83 Å². The molecule has 2 aromatic heterocycles. The normalized spacial score (nSPS) is 11.7. The van der Waals surface area contributed by atoms with Crippen molar-refractivity contribution in [2.24, 2.45) is 0 Å². The van der Waals surface area contributed by atoms with Gasteiger partial charge in [-0.05, 0) is 88.3 Å². The number of rotatable bonds is 5. The Hall–Kier alpha value is -6.58. The summed E-state index contributed by atoms with van der Waals surface area (Å²) in [6, 6.07) is 62.2. The number of hydrogen-bond donors (Lipinski definition) is 0. The molecule has 3 nitrogen and oxygen atoms in total. The molecule has 0 aliphatic rings. The first-order chi connectivity index (χ1) is 24.3. The van der Waals surface area contributed by atoms with E-state index in [0.29, 0.717) is 0 Å². The van der Waals surface area contributed by atoms with Crippen molar-refractivity contribution in [3.8, 4) is 22.3 Å². The molecule has 0 aliphatic heterocycles.